The van der Waals surface area contributed by atoms with Gasteiger partial charge in [-0.1, -0.05) is 31.9 Å². The molecule has 0 bridgehead atoms. The summed E-state index contributed by atoms with van der Waals surface area (Å²) in [7, 11) is 0. The van der Waals surface area contributed by atoms with Crippen LogP contribution in [-0.2, 0) is 11.2 Å². The van der Waals surface area contributed by atoms with E-state index in [1.54, 1.807) is 24.7 Å². The molecule has 1 aromatic heterocycles. The number of imidazole rings is 1. The molecule has 1 aliphatic heterocycles. The Balaban J connectivity index is 0.00000272. The normalized spacial score (nSPS) is 17.6. The van der Waals surface area contributed by atoms with Gasteiger partial charge in [0.05, 0.1) is 36.2 Å². The second kappa shape index (κ2) is 12.8. The van der Waals surface area contributed by atoms with Crippen molar-refractivity contribution >= 4 is 30.7 Å². The molecule has 6 nitrogen and oxygen atoms in total. The number of aromatic amines is 1. The van der Waals surface area contributed by atoms with Crippen LogP contribution in [0.15, 0.2) is 36.8 Å². The summed E-state index contributed by atoms with van der Waals surface area (Å²) in [6.07, 6.45) is 1.86. The highest BCUT2D eigenvalue weighted by atomic mass is 35.5. The van der Waals surface area contributed by atoms with Crippen molar-refractivity contribution in [1.82, 2.24) is 19.8 Å². The Morgan fingerprint density at radius 1 is 1.27 bits per heavy atom. The smallest absolute Gasteiger partial charge is 0.347 e. The summed E-state index contributed by atoms with van der Waals surface area (Å²) in [5.41, 5.74) is 2.33. The number of benzene rings is 1. The van der Waals surface area contributed by atoms with Gasteiger partial charge >= 0.3 is 6.18 Å². The first-order chi connectivity index (χ1) is 14.8. The second-order valence-electron chi connectivity index (χ2n) is 7.89. The molecule has 1 fully saturated rings. The molecule has 11 heteroatoms. The van der Waals surface area contributed by atoms with Crippen molar-refractivity contribution in [2.45, 2.75) is 50.9 Å². The number of piperazine rings is 1. The number of alkyl halides is 3. The Hall–Kier alpha value is -2.28. The minimum Gasteiger partial charge on any atom is -0.347 e. The van der Waals surface area contributed by atoms with Gasteiger partial charge in [0.25, 0.3) is 0 Å². The highest BCUT2D eigenvalue weighted by molar-refractivity contribution is 5.85. The molecule has 0 spiro atoms. The van der Waals surface area contributed by atoms with Gasteiger partial charge in [-0.2, -0.15) is 18.4 Å². The minimum atomic E-state index is -4.42. The zero-order chi connectivity index (χ0) is 22.4. The molecule has 1 aliphatic rings. The summed E-state index contributed by atoms with van der Waals surface area (Å²) < 4.78 is 38.9. The molecular formula is C22H28Cl2F3N5O. The maximum Gasteiger partial charge on any atom is 0.406 e. The third-order valence-electron chi connectivity index (χ3n) is 5.62. The van der Waals surface area contributed by atoms with E-state index in [0.29, 0.717) is 18.4 Å². The first-order valence-electron chi connectivity index (χ1n) is 10.4. The number of nitriles is 1. The van der Waals surface area contributed by atoms with Crippen LogP contribution in [0.1, 0.15) is 49.0 Å². The average molecular weight is 506 g/mol. The number of hydrogen-bond donors (Lipinski definition) is 1. The van der Waals surface area contributed by atoms with Gasteiger partial charge in [0.15, 0.2) is 0 Å². The van der Waals surface area contributed by atoms with Gasteiger partial charge in [-0.25, -0.2) is 4.98 Å². The van der Waals surface area contributed by atoms with Crippen LogP contribution in [0.5, 0.6) is 0 Å². The van der Waals surface area contributed by atoms with Crippen molar-refractivity contribution in [3.05, 3.63) is 53.6 Å². The van der Waals surface area contributed by atoms with Crippen molar-refractivity contribution in [2.75, 3.05) is 19.6 Å². The molecule has 2 aromatic rings. The monoisotopic (exact) mass is 505 g/mol. The lowest BCUT2D eigenvalue weighted by Gasteiger charge is -2.45. The van der Waals surface area contributed by atoms with E-state index in [-0.39, 0.29) is 50.0 Å². The number of amides is 1. The summed E-state index contributed by atoms with van der Waals surface area (Å²) in [5, 5.41) is 9.02. The molecule has 2 atom stereocenters. The van der Waals surface area contributed by atoms with E-state index in [0.717, 1.165) is 29.0 Å². The fourth-order valence-corrected chi connectivity index (χ4v) is 4.07. The van der Waals surface area contributed by atoms with Crippen LogP contribution >= 0.6 is 24.8 Å². The third kappa shape index (κ3) is 7.91. The van der Waals surface area contributed by atoms with Crippen LogP contribution < -0.4 is 0 Å². The molecule has 3 rings (SSSR count). The first kappa shape index (κ1) is 28.8. The maximum atomic E-state index is 13.0. The van der Waals surface area contributed by atoms with E-state index in [1.165, 1.54) is 0 Å². The lowest BCUT2D eigenvalue weighted by Crippen LogP contribution is -2.58. The molecule has 1 N–H and O–H groups in total. The van der Waals surface area contributed by atoms with E-state index in [4.69, 9.17) is 5.26 Å². The predicted octanol–water partition coefficient (Wildman–Crippen LogP) is 4.67. The Bertz CT molecular complexity index is 900. The number of halogens is 5. The van der Waals surface area contributed by atoms with Crippen molar-refractivity contribution in [1.29, 1.82) is 5.26 Å². The molecule has 2 unspecified atom stereocenters. The van der Waals surface area contributed by atoms with E-state index >= 15 is 0 Å². The number of H-pyrrole nitrogens is 1. The van der Waals surface area contributed by atoms with E-state index in [2.05, 4.69) is 16.0 Å². The number of nitrogens with one attached hydrogen (secondary N) is 1. The summed E-state index contributed by atoms with van der Waals surface area (Å²) >= 11 is 0. The van der Waals surface area contributed by atoms with Crippen LogP contribution in [0.3, 0.4) is 0 Å². The molecule has 1 aromatic carbocycles. The molecule has 0 saturated carbocycles. The van der Waals surface area contributed by atoms with Gasteiger partial charge in [0.1, 0.15) is 6.54 Å². The second-order valence-corrected chi connectivity index (χ2v) is 7.89. The van der Waals surface area contributed by atoms with E-state index in [9.17, 15) is 18.0 Å². The van der Waals surface area contributed by atoms with Gasteiger partial charge in [-0.15, -0.1) is 24.8 Å². The summed E-state index contributed by atoms with van der Waals surface area (Å²) in [6, 6.07) is 8.86. The Morgan fingerprint density at radius 3 is 2.52 bits per heavy atom. The fourth-order valence-electron chi connectivity index (χ4n) is 4.07. The number of carbonyl (C=O) groups is 1. The Labute approximate surface area is 204 Å². The molecule has 1 saturated heterocycles. The van der Waals surface area contributed by atoms with Gasteiger partial charge < -0.3 is 9.88 Å². The molecular weight excluding hydrogens is 478 g/mol. The van der Waals surface area contributed by atoms with E-state index in [1.807, 2.05) is 24.0 Å². The van der Waals surface area contributed by atoms with Gasteiger partial charge in [-0.3, -0.25) is 9.69 Å². The van der Waals surface area contributed by atoms with E-state index < -0.39 is 18.6 Å². The molecule has 2 heterocycles. The number of carbonyl (C=O) groups excluding carboxylic acids is 1. The zero-order valence-corrected chi connectivity index (χ0v) is 19.8. The lowest BCUT2D eigenvalue weighted by atomic mass is 9.96. The number of hydrogen-bond acceptors (Lipinski definition) is 4. The standard InChI is InChI=1S/C22H26F3N5O.2ClH/c1-2-3-4-18-12-29(14-22(23,24)25)21(31)13-30(18)20(19-11-27-15-28-19)9-16-5-7-17(10-26)8-6-16;;/h5-8,11,15,18,20H,2-4,9,12-14H2,1H3,(H,27,28);2*1H. The molecule has 0 radical (unpaired) electrons. The molecule has 33 heavy (non-hydrogen) atoms. The fraction of sp³-hybridized carbons (Fsp3) is 0.500. The quantitative estimate of drug-likeness (QED) is 0.565. The summed E-state index contributed by atoms with van der Waals surface area (Å²) in [4.78, 5) is 22.8. The van der Waals surface area contributed by atoms with Crippen LogP contribution in [0.4, 0.5) is 13.2 Å². The van der Waals surface area contributed by atoms with Gasteiger partial charge in [-0.05, 0) is 30.5 Å². The van der Waals surface area contributed by atoms with Crippen LogP contribution in [0.25, 0.3) is 0 Å². The average Bonchev–Trinajstić information content (AvgIpc) is 3.26. The third-order valence-corrected chi connectivity index (χ3v) is 5.62. The van der Waals surface area contributed by atoms with Crippen molar-refractivity contribution in [3.8, 4) is 6.07 Å². The number of aromatic nitrogens is 2. The number of nitrogens with zero attached hydrogens (tertiary/aromatic N) is 4. The number of unbranched alkanes of at least 4 members (excludes halogenated alkanes) is 1. The molecule has 0 aliphatic carbocycles. The van der Waals surface area contributed by atoms with Gasteiger partial charge in [0.2, 0.25) is 5.91 Å². The largest absolute Gasteiger partial charge is 0.406 e. The Morgan fingerprint density at radius 2 is 1.97 bits per heavy atom. The maximum absolute atomic E-state index is 13.0. The number of rotatable bonds is 8. The van der Waals surface area contributed by atoms with Crippen molar-refractivity contribution in [2.24, 2.45) is 0 Å². The van der Waals surface area contributed by atoms with Crippen molar-refractivity contribution in [3.63, 3.8) is 0 Å². The minimum absolute atomic E-state index is 0. The predicted molar refractivity (Wildman–Crippen MR) is 123 cm³/mol. The highest BCUT2D eigenvalue weighted by Gasteiger charge is 2.41. The van der Waals surface area contributed by atoms with Gasteiger partial charge in [0, 0.05) is 18.8 Å². The van der Waals surface area contributed by atoms with Crippen LogP contribution in [0.2, 0.25) is 0 Å². The SMILES string of the molecule is CCCCC1CN(CC(F)(F)F)C(=O)CN1C(Cc1ccc(C#N)cc1)c1cnc[nH]1.Cl.Cl. The highest BCUT2D eigenvalue weighted by Crippen LogP contribution is 2.31. The van der Waals surface area contributed by atoms with Crippen LogP contribution in [-0.4, -0.2) is 57.5 Å². The molecule has 182 valence electrons. The topological polar surface area (TPSA) is 76.0 Å². The van der Waals surface area contributed by atoms with Crippen LogP contribution in [0, 0.1) is 11.3 Å². The summed E-state index contributed by atoms with van der Waals surface area (Å²) in [5.74, 6) is -0.519. The Kier molecular flexibility index (Phi) is 11.2. The molecule has 1 amide bonds. The zero-order valence-electron chi connectivity index (χ0n) is 18.2. The first-order valence-corrected chi connectivity index (χ1v) is 10.4. The van der Waals surface area contributed by atoms with Crippen molar-refractivity contribution < 1.29 is 18.0 Å². The lowest BCUT2D eigenvalue weighted by molar-refractivity contribution is -0.169. The summed E-state index contributed by atoms with van der Waals surface area (Å²) in [6.45, 7) is 0.794.